The Morgan fingerprint density at radius 1 is 1.00 bits per heavy atom. The van der Waals surface area contributed by atoms with Crippen LogP contribution in [0.4, 0.5) is 17.2 Å². The number of benzene rings is 1. The van der Waals surface area contributed by atoms with Gasteiger partial charge in [-0.15, -0.1) is 10.2 Å². The number of hydrogen-bond donors (Lipinski definition) is 3. The third kappa shape index (κ3) is 4.51. The SMILES string of the molecule is Nc1nnc(-c2ccccc2O)cc1N1CC2CCC(C1)N2c1ccnc(C#CCN2CC3CC(CO)CC32)c1. The molecule has 1 aromatic carbocycles. The minimum absolute atomic E-state index is 0.178. The molecule has 0 radical (unpaired) electrons. The van der Waals surface area contributed by atoms with Gasteiger partial charge >= 0.3 is 0 Å². The summed E-state index contributed by atoms with van der Waals surface area (Å²) in [5.41, 5.74) is 10.4. The van der Waals surface area contributed by atoms with Crippen molar-refractivity contribution in [2.45, 2.75) is 43.8 Å². The monoisotopic (exact) mass is 537 g/mol. The fourth-order valence-corrected chi connectivity index (χ4v) is 7.36. The molecular weight excluding hydrogens is 502 g/mol. The van der Waals surface area contributed by atoms with E-state index < -0.39 is 0 Å². The van der Waals surface area contributed by atoms with E-state index in [1.54, 1.807) is 12.1 Å². The number of aliphatic hydroxyl groups excluding tert-OH is 1. The van der Waals surface area contributed by atoms with Gasteiger partial charge in [0.2, 0.25) is 0 Å². The van der Waals surface area contributed by atoms with Crippen molar-refractivity contribution >= 4 is 17.2 Å². The molecule has 40 heavy (non-hydrogen) atoms. The maximum absolute atomic E-state index is 10.3. The Labute approximate surface area is 234 Å². The molecule has 1 saturated carbocycles. The molecule has 9 nitrogen and oxygen atoms in total. The number of aliphatic hydroxyl groups is 1. The van der Waals surface area contributed by atoms with Crippen LogP contribution in [0.2, 0.25) is 0 Å². The molecule has 3 saturated heterocycles. The fourth-order valence-electron chi connectivity index (χ4n) is 7.36. The van der Waals surface area contributed by atoms with Crippen molar-refractivity contribution in [2.24, 2.45) is 11.8 Å². The zero-order chi connectivity index (χ0) is 27.2. The molecule has 3 aliphatic heterocycles. The van der Waals surface area contributed by atoms with Crippen LogP contribution < -0.4 is 15.5 Å². The molecule has 5 unspecified atom stereocenters. The highest BCUT2D eigenvalue weighted by Gasteiger charge is 2.45. The summed E-state index contributed by atoms with van der Waals surface area (Å²) in [6.07, 6.45) is 6.36. The topological polar surface area (TPSA) is 115 Å². The van der Waals surface area contributed by atoms with Gasteiger partial charge in [0.1, 0.15) is 11.4 Å². The molecule has 9 heteroatoms. The second-order valence-corrected chi connectivity index (χ2v) is 11.7. The van der Waals surface area contributed by atoms with Gasteiger partial charge in [-0.2, -0.15) is 0 Å². The highest BCUT2D eigenvalue weighted by Crippen LogP contribution is 2.42. The second kappa shape index (κ2) is 10.3. The lowest BCUT2D eigenvalue weighted by atomic mass is 9.92. The van der Waals surface area contributed by atoms with Crippen LogP contribution in [0.1, 0.15) is 31.4 Å². The number of para-hydroxylation sites is 1. The predicted molar refractivity (Wildman–Crippen MR) is 155 cm³/mol. The van der Waals surface area contributed by atoms with E-state index in [1.165, 1.54) is 5.69 Å². The quantitative estimate of drug-likeness (QED) is 0.423. The van der Waals surface area contributed by atoms with Crippen molar-refractivity contribution in [1.29, 1.82) is 0 Å². The lowest BCUT2D eigenvalue weighted by Gasteiger charge is -2.43. The van der Waals surface area contributed by atoms with E-state index in [-0.39, 0.29) is 5.75 Å². The van der Waals surface area contributed by atoms with Crippen molar-refractivity contribution in [3.05, 3.63) is 54.4 Å². The number of anilines is 3. The lowest BCUT2D eigenvalue weighted by Crippen LogP contribution is -2.54. The first-order valence-electron chi connectivity index (χ1n) is 14.3. The number of fused-ring (bicyclic) bond motifs is 3. The number of rotatable bonds is 5. The highest BCUT2D eigenvalue weighted by atomic mass is 16.3. The fraction of sp³-hybridized carbons (Fsp3) is 0.452. The molecule has 4 N–H and O–H groups in total. The van der Waals surface area contributed by atoms with Gasteiger partial charge in [-0.1, -0.05) is 18.1 Å². The molecule has 5 atom stereocenters. The largest absolute Gasteiger partial charge is 0.507 e. The number of nitrogens with two attached hydrogens (primary N) is 1. The summed E-state index contributed by atoms with van der Waals surface area (Å²) in [6, 6.07) is 14.6. The second-order valence-electron chi connectivity index (χ2n) is 11.7. The first-order valence-corrected chi connectivity index (χ1v) is 14.3. The van der Waals surface area contributed by atoms with Gasteiger partial charge < -0.3 is 25.7 Å². The predicted octanol–water partition coefficient (Wildman–Crippen LogP) is 2.74. The van der Waals surface area contributed by atoms with Crippen LogP contribution in [0.5, 0.6) is 5.75 Å². The van der Waals surface area contributed by atoms with Gasteiger partial charge in [0.05, 0.1) is 17.9 Å². The van der Waals surface area contributed by atoms with E-state index >= 15 is 0 Å². The Morgan fingerprint density at radius 3 is 2.62 bits per heavy atom. The van der Waals surface area contributed by atoms with Gasteiger partial charge in [0.25, 0.3) is 0 Å². The average Bonchev–Trinajstić information content (AvgIpc) is 3.44. The van der Waals surface area contributed by atoms with E-state index in [2.05, 4.69) is 53.9 Å². The summed E-state index contributed by atoms with van der Waals surface area (Å²) < 4.78 is 0. The molecule has 7 rings (SSSR count). The smallest absolute Gasteiger partial charge is 0.169 e. The zero-order valence-electron chi connectivity index (χ0n) is 22.5. The van der Waals surface area contributed by atoms with Gasteiger partial charge in [0, 0.05) is 61.8 Å². The Kier molecular flexibility index (Phi) is 6.45. The Morgan fingerprint density at radius 2 is 1.82 bits per heavy atom. The Hall–Kier alpha value is -3.87. The number of hydrogen-bond acceptors (Lipinski definition) is 9. The summed E-state index contributed by atoms with van der Waals surface area (Å²) in [5.74, 6) is 8.45. The molecule has 0 amide bonds. The number of pyridine rings is 1. The minimum Gasteiger partial charge on any atom is -0.507 e. The van der Waals surface area contributed by atoms with Crippen molar-refractivity contribution in [3.63, 3.8) is 0 Å². The zero-order valence-corrected chi connectivity index (χ0v) is 22.5. The average molecular weight is 538 g/mol. The van der Waals surface area contributed by atoms with Gasteiger partial charge in [-0.25, -0.2) is 4.98 Å². The lowest BCUT2D eigenvalue weighted by molar-refractivity contribution is 0.0532. The molecule has 1 aliphatic carbocycles. The Bertz CT molecular complexity index is 1460. The summed E-state index contributed by atoms with van der Waals surface area (Å²) in [7, 11) is 0. The summed E-state index contributed by atoms with van der Waals surface area (Å²) in [6.45, 7) is 3.85. The molecule has 4 aliphatic rings. The molecule has 5 heterocycles. The Balaban J connectivity index is 1.04. The standard InChI is InChI=1S/C31H35N7O2/c32-31-29(15-27(34-35-31)26-5-1-2-6-30(26)40)37-17-24-7-8-25(18-37)38(24)23-9-10-33-22(14-23)4-3-11-36-16-21-12-20(19-39)13-28(21)36/h1-2,5-6,9-10,14-15,20-21,24-25,28,39-40H,7-8,11-13,16-19H2,(H2,32,35). The normalized spacial score (nSPS) is 27.2. The van der Waals surface area contributed by atoms with Crippen LogP contribution in [-0.2, 0) is 0 Å². The number of phenols is 1. The molecule has 2 bridgehead atoms. The van der Waals surface area contributed by atoms with Crippen molar-refractivity contribution < 1.29 is 10.2 Å². The number of nitrogen functional groups attached to an aromatic ring is 1. The van der Waals surface area contributed by atoms with E-state index in [0.29, 0.717) is 47.7 Å². The van der Waals surface area contributed by atoms with E-state index in [4.69, 9.17) is 5.73 Å². The molecule has 0 spiro atoms. The van der Waals surface area contributed by atoms with Crippen LogP contribution in [0.25, 0.3) is 11.3 Å². The van der Waals surface area contributed by atoms with E-state index in [9.17, 15) is 10.2 Å². The number of aromatic nitrogens is 3. The summed E-state index contributed by atoms with van der Waals surface area (Å²) in [5, 5.41) is 28.3. The number of nitrogens with zero attached hydrogens (tertiary/aromatic N) is 6. The highest BCUT2D eigenvalue weighted by molar-refractivity contribution is 5.74. The number of aromatic hydroxyl groups is 1. The maximum Gasteiger partial charge on any atom is 0.169 e. The van der Waals surface area contributed by atoms with Crippen LogP contribution in [0.3, 0.4) is 0 Å². The van der Waals surface area contributed by atoms with Crippen molar-refractivity contribution in [2.75, 3.05) is 48.3 Å². The van der Waals surface area contributed by atoms with E-state index in [1.807, 2.05) is 24.4 Å². The van der Waals surface area contributed by atoms with E-state index in [0.717, 1.165) is 69.2 Å². The van der Waals surface area contributed by atoms with Gasteiger partial charge in [0.15, 0.2) is 5.82 Å². The first-order chi connectivity index (χ1) is 19.6. The van der Waals surface area contributed by atoms with Gasteiger partial charge in [-0.05, 0) is 73.8 Å². The minimum atomic E-state index is 0.178. The van der Waals surface area contributed by atoms with Crippen molar-refractivity contribution in [3.8, 4) is 28.8 Å². The third-order valence-electron chi connectivity index (χ3n) is 9.30. The van der Waals surface area contributed by atoms with Gasteiger partial charge in [-0.3, -0.25) is 4.90 Å². The molecule has 4 fully saturated rings. The summed E-state index contributed by atoms with van der Waals surface area (Å²) in [4.78, 5) is 11.8. The maximum atomic E-state index is 10.3. The van der Waals surface area contributed by atoms with Crippen LogP contribution in [0, 0.1) is 23.7 Å². The number of likely N-dealkylation sites (tertiary alicyclic amines) is 1. The molecule has 3 aromatic rings. The van der Waals surface area contributed by atoms with Crippen LogP contribution in [0.15, 0.2) is 48.7 Å². The van der Waals surface area contributed by atoms with Crippen LogP contribution in [-0.4, -0.2) is 81.2 Å². The number of phenolic OH excluding ortho intramolecular Hbond substituents is 1. The third-order valence-corrected chi connectivity index (χ3v) is 9.30. The molecule has 206 valence electrons. The molecule has 2 aromatic heterocycles. The van der Waals surface area contributed by atoms with Crippen LogP contribution >= 0.6 is 0 Å². The van der Waals surface area contributed by atoms with Crippen molar-refractivity contribution in [1.82, 2.24) is 20.1 Å². The number of piperazine rings is 1. The molecular formula is C31H35N7O2. The summed E-state index contributed by atoms with van der Waals surface area (Å²) >= 11 is 0. The first kappa shape index (κ1) is 25.1.